The zero-order valence-corrected chi connectivity index (χ0v) is 15.6. The number of amides is 2. The Hall–Kier alpha value is -1.64. The molecule has 3 fully saturated rings. The van der Waals surface area contributed by atoms with Crippen LogP contribution in [0.25, 0.3) is 0 Å². The van der Waals surface area contributed by atoms with Gasteiger partial charge in [0, 0.05) is 46.3 Å². The highest BCUT2D eigenvalue weighted by atomic mass is 32.2. The number of rotatable bonds is 4. The summed E-state index contributed by atoms with van der Waals surface area (Å²) in [6.45, 7) is 1.95. The first-order valence-corrected chi connectivity index (χ1v) is 10.0. The molecule has 3 aliphatic heterocycles. The summed E-state index contributed by atoms with van der Waals surface area (Å²) in [5, 5.41) is 2.97. The first kappa shape index (κ1) is 18.2. The van der Waals surface area contributed by atoms with Crippen LogP contribution in [0.1, 0.15) is 18.4 Å². The van der Waals surface area contributed by atoms with Gasteiger partial charge in [0.15, 0.2) is 0 Å². The molecule has 0 spiro atoms. The van der Waals surface area contributed by atoms with Crippen LogP contribution >= 0.6 is 0 Å². The molecule has 138 valence electrons. The van der Waals surface area contributed by atoms with Gasteiger partial charge in [-0.1, -0.05) is 30.3 Å². The Balaban J connectivity index is 1.67. The smallest absolute Gasteiger partial charge is 0.317 e. The standard InChI is InChI=1S/C17H26N4O3S/c1-19(2)25(23,24)20-11-15-8-9-16(13-20)21(12-15)17(22)18-10-14-6-4-3-5-7-14/h3-7,15-16H,8-13H2,1-2H3,(H,18,22)/t15-,16+/m1/s1. The third-order valence-electron chi connectivity index (χ3n) is 5.02. The van der Waals surface area contributed by atoms with E-state index in [-0.39, 0.29) is 18.0 Å². The Kier molecular flexibility index (Phi) is 5.31. The summed E-state index contributed by atoms with van der Waals surface area (Å²) in [5.41, 5.74) is 1.05. The van der Waals surface area contributed by atoms with Crippen molar-refractivity contribution in [2.45, 2.75) is 25.4 Å². The SMILES string of the molecule is CN(C)S(=O)(=O)N1C[C@H]2CC[C@@H](C1)N(C(=O)NCc1ccccc1)C2. The Morgan fingerprint density at radius 1 is 1.16 bits per heavy atom. The molecule has 2 atom stereocenters. The van der Waals surface area contributed by atoms with Crippen molar-refractivity contribution in [1.29, 1.82) is 0 Å². The molecule has 3 saturated heterocycles. The molecule has 3 heterocycles. The van der Waals surface area contributed by atoms with Gasteiger partial charge in [0.2, 0.25) is 0 Å². The largest absolute Gasteiger partial charge is 0.334 e. The van der Waals surface area contributed by atoms with Crippen molar-refractivity contribution in [3.63, 3.8) is 0 Å². The van der Waals surface area contributed by atoms with Crippen LogP contribution in [0.4, 0.5) is 4.79 Å². The zero-order chi connectivity index (χ0) is 18.0. The lowest BCUT2D eigenvalue weighted by Crippen LogP contribution is -2.51. The molecule has 8 heteroatoms. The van der Waals surface area contributed by atoms with E-state index < -0.39 is 10.2 Å². The van der Waals surface area contributed by atoms with Crippen molar-refractivity contribution < 1.29 is 13.2 Å². The highest BCUT2D eigenvalue weighted by Gasteiger charge is 2.41. The van der Waals surface area contributed by atoms with E-state index in [9.17, 15) is 13.2 Å². The van der Waals surface area contributed by atoms with Crippen molar-refractivity contribution in [1.82, 2.24) is 18.8 Å². The minimum Gasteiger partial charge on any atom is -0.334 e. The highest BCUT2D eigenvalue weighted by Crippen LogP contribution is 2.29. The van der Waals surface area contributed by atoms with Crippen molar-refractivity contribution in [3.05, 3.63) is 35.9 Å². The van der Waals surface area contributed by atoms with E-state index >= 15 is 0 Å². The number of fused-ring (bicyclic) bond motifs is 4. The average molecular weight is 366 g/mol. The van der Waals surface area contributed by atoms with Crippen LogP contribution in [0.2, 0.25) is 0 Å². The number of carbonyl (C=O) groups excluding carboxylic acids is 1. The van der Waals surface area contributed by atoms with E-state index in [2.05, 4.69) is 5.32 Å². The molecule has 1 N–H and O–H groups in total. The number of piperidine rings is 1. The van der Waals surface area contributed by atoms with Crippen LogP contribution in [0.15, 0.2) is 30.3 Å². The Morgan fingerprint density at radius 3 is 2.56 bits per heavy atom. The Morgan fingerprint density at radius 2 is 1.88 bits per heavy atom. The molecule has 4 rings (SSSR count). The first-order valence-electron chi connectivity index (χ1n) is 8.64. The Bertz CT molecular complexity index is 708. The molecule has 1 aromatic carbocycles. The van der Waals surface area contributed by atoms with Crippen molar-refractivity contribution >= 4 is 16.2 Å². The summed E-state index contributed by atoms with van der Waals surface area (Å²) in [5.74, 6) is 0.191. The van der Waals surface area contributed by atoms with Crippen molar-refractivity contribution in [2.75, 3.05) is 33.7 Å². The lowest BCUT2D eigenvalue weighted by Gasteiger charge is -2.36. The van der Waals surface area contributed by atoms with Gasteiger partial charge in [-0.05, 0) is 24.3 Å². The maximum absolute atomic E-state index is 12.6. The van der Waals surface area contributed by atoms with Gasteiger partial charge < -0.3 is 10.2 Å². The van der Waals surface area contributed by atoms with Crippen LogP contribution in [-0.2, 0) is 16.8 Å². The number of hydrogen-bond donors (Lipinski definition) is 1. The number of benzene rings is 1. The summed E-state index contributed by atoms with van der Waals surface area (Å²) in [6, 6.07) is 9.60. The van der Waals surface area contributed by atoms with E-state index in [4.69, 9.17) is 0 Å². The highest BCUT2D eigenvalue weighted by molar-refractivity contribution is 7.86. The summed E-state index contributed by atoms with van der Waals surface area (Å²) < 4.78 is 27.7. The van der Waals surface area contributed by atoms with E-state index in [1.165, 1.54) is 8.61 Å². The molecule has 2 bridgehead atoms. The Labute approximate surface area is 149 Å². The molecule has 0 saturated carbocycles. The normalized spacial score (nSPS) is 24.4. The van der Waals surface area contributed by atoms with E-state index in [1.54, 1.807) is 14.1 Å². The second-order valence-corrected chi connectivity index (χ2v) is 9.14. The predicted molar refractivity (Wildman–Crippen MR) is 96.1 cm³/mol. The molecule has 7 nitrogen and oxygen atoms in total. The summed E-state index contributed by atoms with van der Waals surface area (Å²) >= 11 is 0. The van der Waals surface area contributed by atoms with Gasteiger partial charge in [-0.3, -0.25) is 0 Å². The van der Waals surface area contributed by atoms with Gasteiger partial charge in [0.1, 0.15) is 0 Å². The zero-order valence-electron chi connectivity index (χ0n) is 14.8. The van der Waals surface area contributed by atoms with Gasteiger partial charge in [-0.15, -0.1) is 0 Å². The second kappa shape index (κ2) is 7.31. The summed E-state index contributed by atoms with van der Waals surface area (Å²) in [6.07, 6.45) is 1.81. The van der Waals surface area contributed by atoms with Crippen molar-refractivity contribution in [3.8, 4) is 0 Å². The van der Waals surface area contributed by atoms with Crippen LogP contribution < -0.4 is 5.32 Å². The number of urea groups is 1. The fourth-order valence-electron chi connectivity index (χ4n) is 3.58. The molecule has 2 amide bonds. The number of carbonyl (C=O) groups is 1. The lowest BCUT2D eigenvalue weighted by atomic mass is 9.95. The predicted octanol–water partition coefficient (Wildman–Crippen LogP) is 1.10. The lowest BCUT2D eigenvalue weighted by molar-refractivity contribution is 0.141. The van der Waals surface area contributed by atoms with Crippen molar-refractivity contribution in [2.24, 2.45) is 5.92 Å². The van der Waals surface area contributed by atoms with E-state index in [1.807, 2.05) is 35.2 Å². The fraction of sp³-hybridized carbons (Fsp3) is 0.588. The van der Waals surface area contributed by atoms with Gasteiger partial charge in [0.25, 0.3) is 10.2 Å². The molecule has 1 aromatic rings. The fourth-order valence-corrected chi connectivity index (χ4v) is 4.80. The molecule has 0 radical (unpaired) electrons. The number of nitrogens with zero attached hydrogens (tertiary/aromatic N) is 3. The number of hydrogen-bond acceptors (Lipinski definition) is 3. The number of nitrogens with one attached hydrogen (secondary N) is 1. The third kappa shape index (κ3) is 3.96. The third-order valence-corrected chi connectivity index (χ3v) is 6.89. The maximum Gasteiger partial charge on any atom is 0.317 e. The van der Waals surface area contributed by atoms with Crippen LogP contribution in [-0.4, -0.2) is 67.7 Å². The van der Waals surface area contributed by atoms with Crippen LogP contribution in [0, 0.1) is 5.92 Å². The molecule has 0 aliphatic carbocycles. The molecule has 25 heavy (non-hydrogen) atoms. The van der Waals surface area contributed by atoms with E-state index in [0.29, 0.717) is 26.2 Å². The molecule has 3 aliphatic rings. The van der Waals surface area contributed by atoms with E-state index in [0.717, 1.165) is 18.4 Å². The van der Waals surface area contributed by atoms with Gasteiger partial charge in [-0.2, -0.15) is 17.0 Å². The van der Waals surface area contributed by atoms with Gasteiger partial charge in [0.05, 0.1) is 0 Å². The second-order valence-electron chi connectivity index (χ2n) is 7.00. The minimum atomic E-state index is -3.45. The van der Waals surface area contributed by atoms with Gasteiger partial charge >= 0.3 is 6.03 Å². The summed E-state index contributed by atoms with van der Waals surface area (Å²) in [4.78, 5) is 14.5. The van der Waals surface area contributed by atoms with Crippen LogP contribution in [0.3, 0.4) is 0 Å². The van der Waals surface area contributed by atoms with Crippen LogP contribution in [0.5, 0.6) is 0 Å². The topological polar surface area (TPSA) is 73.0 Å². The quantitative estimate of drug-likeness (QED) is 0.867. The minimum absolute atomic E-state index is 0.0655. The maximum atomic E-state index is 12.6. The molecule has 0 aromatic heterocycles. The van der Waals surface area contributed by atoms with Gasteiger partial charge in [-0.25, -0.2) is 4.79 Å². The first-order chi connectivity index (χ1) is 11.9. The molecular formula is C17H26N4O3S. The summed E-state index contributed by atoms with van der Waals surface area (Å²) in [7, 11) is -0.349. The molecule has 0 unspecified atom stereocenters. The molecular weight excluding hydrogens is 340 g/mol. The monoisotopic (exact) mass is 366 g/mol. The average Bonchev–Trinajstić information content (AvgIpc) is 2.93.